The van der Waals surface area contributed by atoms with Gasteiger partial charge in [-0.25, -0.2) is 18.5 Å². The largest absolute Gasteiger partial charge is 0.573 e. The van der Waals surface area contributed by atoms with E-state index in [0.29, 0.717) is 11.3 Å². The predicted molar refractivity (Wildman–Crippen MR) is 97.6 cm³/mol. The zero-order valence-electron chi connectivity index (χ0n) is 15.8. The van der Waals surface area contributed by atoms with Crippen LogP contribution in [0, 0.1) is 0 Å². The minimum absolute atomic E-state index is 0.00858. The summed E-state index contributed by atoms with van der Waals surface area (Å²) >= 11 is 0. The Kier molecular flexibility index (Phi) is 5.11. The standard InChI is InChI=1S/C20H18F5N3O2/c21-19(22)7-5-14(6-8-19)28-18-15(11-26-28)16(29)10-13(27-18)9-12-3-1-2-4-17(12)30-20(23,24)25/h1-4,11,14H,5-10H2. The number of alkyl halides is 5. The first kappa shape index (κ1) is 20.5. The second kappa shape index (κ2) is 7.48. The molecule has 0 spiro atoms. The predicted octanol–water partition coefficient (Wildman–Crippen LogP) is 5.43. The second-order valence-corrected chi connectivity index (χ2v) is 7.52. The van der Waals surface area contributed by atoms with Crippen LogP contribution in [-0.2, 0) is 6.42 Å². The summed E-state index contributed by atoms with van der Waals surface area (Å²) in [5, 5.41) is 4.20. The number of aromatic nitrogens is 2. The van der Waals surface area contributed by atoms with Gasteiger partial charge in [0.05, 0.1) is 24.2 Å². The number of fused-ring (bicyclic) bond motifs is 1. The highest BCUT2D eigenvalue weighted by atomic mass is 19.4. The minimum Gasteiger partial charge on any atom is -0.405 e. The lowest BCUT2D eigenvalue weighted by atomic mass is 9.92. The molecule has 1 fully saturated rings. The van der Waals surface area contributed by atoms with Crippen LogP contribution in [0.5, 0.6) is 5.75 Å². The Balaban J connectivity index is 1.60. The number of ether oxygens (including phenoxy) is 1. The van der Waals surface area contributed by atoms with Gasteiger partial charge in [0.2, 0.25) is 5.92 Å². The fraction of sp³-hybridized carbons (Fsp3) is 0.450. The Morgan fingerprint density at radius 2 is 1.87 bits per heavy atom. The van der Waals surface area contributed by atoms with E-state index in [1.54, 1.807) is 6.07 Å². The quantitative estimate of drug-likeness (QED) is 0.611. The number of Topliss-reactive ketones (excluding diaryl/α,β-unsaturated/α-hetero) is 1. The molecule has 1 aromatic carbocycles. The summed E-state index contributed by atoms with van der Waals surface area (Å²) in [7, 11) is 0. The number of carbonyl (C=O) groups is 1. The molecule has 1 saturated carbocycles. The molecule has 10 heteroatoms. The van der Waals surface area contributed by atoms with Crippen molar-refractivity contribution in [3.05, 3.63) is 41.6 Å². The van der Waals surface area contributed by atoms with Gasteiger partial charge in [0.1, 0.15) is 5.75 Å². The summed E-state index contributed by atoms with van der Waals surface area (Å²) in [4.78, 5) is 17.0. The van der Waals surface area contributed by atoms with E-state index in [9.17, 15) is 26.7 Å². The Bertz CT molecular complexity index is 987. The smallest absolute Gasteiger partial charge is 0.405 e. The highest BCUT2D eigenvalue weighted by Crippen LogP contribution is 2.41. The van der Waals surface area contributed by atoms with Crippen LogP contribution in [0.25, 0.3) is 0 Å². The number of aliphatic imine (C=N–C) groups is 1. The number of carbonyl (C=O) groups excluding carboxylic acids is 1. The summed E-state index contributed by atoms with van der Waals surface area (Å²) in [6, 6.07) is 5.37. The molecule has 160 valence electrons. The topological polar surface area (TPSA) is 56.5 Å². The van der Waals surface area contributed by atoms with Crippen molar-refractivity contribution in [2.75, 3.05) is 0 Å². The molecule has 1 aliphatic heterocycles. The van der Waals surface area contributed by atoms with Crippen LogP contribution in [-0.4, -0.2) is 33.6 Å². The maximum atomic E-state index is 13.5. The van der Waals surface area contributed by atoms with Crippen molar-refractivity contribution in [1.29, 1.82) is 0 Å². The first-order chi connectivity index (χ1) is 14.1. The van der Waals surface area contributed by atoms with Crippen LogP contribution in [0.3, 0.4) is 0 Å². The number of para-hydroxylation sites is 1. The molecule has 0 bridgehead atoms. The summed E-state index contributed by atoms with van der Waals surface area (Å²) in [6.45, 7) is 0. The summed E-state index contributed by atoms with van der Waals surface area (Å²) in [5.74, 6) is -3.02. The maximum Gasteiger partial charge on any atom is 0.573 e. The van der Waals surface area contributed by atoms with Gasteiger partial charge in [-0.2, -0.15) is 5.10 Å². The summed E-state index contributed by atoms with van der Waals surface area (Å²) in [5.41, 5.74) is 0.915. The zero-order chi connectivity index (χ0) is 21.5. The van der Waals surface area contributed by atoms with E-state index < -0.39 is 12.3 Å². The Labute approximate surface area is 168 Å². The first-order valence-corrected chi connectivity index (χ1v) is 9.50. The average molecular weight is 427 g/mol. The van der Waals surface area contributed by atoms with Gasteiger partial charge in [0, 0.05) is 30.5 Å². The molecule has 1 aliphatic carbocycles. The number of rotatable bonds is 4. The van der Waals surface area contributed by atoms with Crippen LogP contribution in [0.1, 0.15) is 54.1 Å². The molecule has 4 rings (SSSR count). The third-order valence-corrected chi connectivity index (χ3v) is 5.32. The van der Waals surface area contributed by atoms with E-state index in [4.69, 9.17) is 0 Å². The maximum absolute atomic E-state index is 13.5. The molecule has 0 atom stereocenters. The number of halogens is 5. The summed E-state index contributed by atoms with van der Waals surface area (Å²) < 4.78 is 70.5. The van der Waals surface area contributed by atoms with Crippen molar-refractivity contribution in [2.45, 2.75) is 56.9 Å². The average Bonchev–Trinajstić information content (AvgIpc) is 3.07. The van der Waals surface area contributed by atoms with Crippen LogP contribution in [0.2, 0.25) is 0 Å². The van der Waals surface area contributed by atoms with Crippen molar-refractivity contribution in [3.63, 3.8) is 0 Å². The summed E-state index contributed by atoms with van der Waals surface area (Å²) in [6.07, 6.45) is -3.63. The van der Waals surface area contributed by atoms with E-state index >= 15 is 0 Å². The Hall–Kier alpha value is -2.78. The number of benzene rings is 1. The van der Waals surface area contributed by atoms with E-state index in [1.807, 2.05) is 0 Å². The van der Waals surface area contributed by atoms with Gasteiger partial charge < -0.3 is 4.74 Å². The second-order valence-electron chi connectivity index (χ2n) is 7.52. The van der Waals surface area contributed by atoms with Gasteiger partial charge in [0.25, 0.3) is 0 Å². The van der Waals surface area contributed by atoms with Gasteiger partial charge in [-0.15, -0.1) is 13.2 Å². The van der Waals surface area contributed by atoms with Crippen molar-refractivity contribution in [2.24, 2.45) is 4.99 Å². The Morgan fingerprint density at radius 3 is 2.57 bits per heavy atom. The highest BCUT2D eigenvalue weighted by molar-refractivity contribution is 6.15. The van der Waals surface area contributed by atoms with Crippen LogP contribution >= 0.6 is 0 Å². The van der Waals surface area contributed by atoms with Crippen molar-refractivity contribution in [3.8, 4) is 5.75 Å². The van der Waals surface area contributed by atoms with Crippen LogP contribution < -0.4 is 4.74 Å². The molecule has 1 aromatic heterocycles. The molecular weight excluding hydrogens is 409 g/mol. The number of nitrogens with zero attached hydrogens (tertiary/aromatic N) is 3. The molecule has 0 radical (unpaired) electrons. The van der Waals surface area contributed by atoms with Gasteiger partial charge in [-0.1, -0.05) is 18.2 Å². The third kappa shape index (κ3) is 4.36. The molecular formula is C20H18F5N3O2. The highest BCUT2D eigenvalue weighted by Gasteiger charge is 2.37. The lowest BCUT2D eigenvalue weighted by molar-refractivity contribution is -0.274. The van der Waals surface area contributed by atoms with Crippen molar-refractivity contribution < 1.29 is 31.5 Å². The lowest BCUT2D eigenvalue weighted by Gasteiger charge is -2.29. The number of hydrogen-bond acceptors (Lipinski definition) is 4. The fourth-order valence-electron chi connectivity index (χ4n) is 3.87. The van der Waals surface area contributed by atoms with Gasteiger partial charge >= 0.3 is 6.36 Å². The molecule has 2 aromatic rings. The van der Waals surface area contributed by atoms with E-state index in [1.165, 1.54) is 29.1 Å². The lowest BCUT2D eigenvalue weighted by Crippen LogP contribution is -2.27. The molecule has 0 amide bonds. The molecule has 0 N–H and O–H groups in total. The van der Waals surface area contributed by atoms with Crippen molar-refractivity contribution >= 4 is 17.3 Å². The minimum atomic E-state index is -4.84. The fourth-order valence-corrected chi connectivity index (χ4v) is 3.87. The van der Waals surface area contributed by atoms with E-state index in [-0.39, 0.29) is 67.5 Å². The molecule has 2 heterocycles. The van der Waals surface area contributed by atoms with Gasteiger partial charge in [-0.05, 0) is 18.9 Å². The SMILES string of the molecule is O=C1CC(Cc2ccccc2OC(F)(F)F)=Nc2c1cnn2C1CCC(F)(F)CC1. The molecule has 0 unspecified atom stereocenters. The molecule has 0 saturated heterocycles. The molecule has 30 heavy (non-hydrogen) atoms. The Morgan fingerprint density at radius 1 is 1.17 bits per heavy atom. The normalized spacial score (nSPS) is 19.4. The monoisotopic (exact) mass is 427 g/mol. The van der Waals surface area contributed by atoms with Gasteiger partial charge in [-0.3, -0.25) is 4.79 Å². The van der Waals surface area contributed by atoms with Crippen molar-refractivity contribution in [1.82, 2.24) is 9.78 Å². The van der Waals surface area contributed by atoms with Gasteiger partial charge in [0.15, 0.2) is 11.6 Å². The number of hydrogen-bond donors (Lipinski definition) is 0. The van der Waals surface area contributed by atoms with Crippen LogP contribution in [0.15, 0.2) is 35.5 Å². The van der Waals surface area contributed by atoms with Crippen LogP contribution in [0.4, 0.5) is 27.8 Å². The number of ketones is 1. The van der Waals surface area contributed by atoms with E-state index in [2.05, 4.69) is 14.8 Å². The molecule has 2 aliphatic rings. The van der Waals surface area contributed by atoms with E-state index in [0.717, 1.165) is 0 Å². The zero-order valence-corrected chi connectivity index (χ0v) is 15.8. The third-order valence-electron chi connectivity index (χ3n) is 5.32. The molecule has 5 nitrogen and oxygen atoms in total. The first-order valence-electron chi connectivity index (χ1n) is 9.50.